The molecular weight excluding hydrogens is 464 g/mol. The molecule has 31 heavy (non-hydrogen) atoms. The molecule has 0 spiro atoms. The third kappa shape index (κ3) is 4.06. The molecule has 2 aromatic carbocycles. The van der Waals surface area contributed by atoms with Gasteiger partial charge in [-0.15, -0.1) is 39.4 Å². The second kappa shape index (κ2) is 8.96. The van der Waals surface area contributed by atoms with Crippen molar-refractivity contribution in [2.45, 2.75) is 17.5 Å². The SMILES string of the molecule is C=CCn1c(SCc2csc(-c3ccccc3Cl)n2)nnc1-c1csc2ccccc12. The molecule has 0 aliphatic rings. The largest absolute Gasteiger partial charge is 0.298 e. The summed E-state index contributed by atoms with van der Waals surface area (Å²) in [4.78, 5) is 4.77. The Morgan fingerprint density at radius 3 is 2.71 bits per heavy atom. The molecule has 154 valence electrons. The quantitative estimate of drug-likeness (QED) is 0.179. The summed E-state index contributed by atoms with van der Waals surface area (Å²) in [5.41, 5.74) is 3.07. The summed E-state index contributed by atoms with van der Waals surface area (Å²) < 4.78 is 3.36. The topological polar surface area (TPSA) is 43.6 Å². The molecule has 3 heterocycles. The lowest BCUT2D eigenvalue weighted by molar-refractivity contribution is 0.731. The fraction of sp³-hybridized carbons (Fsp3) is 0.0870. The van der Waals surface area contributed by atoms with E-state index in [0.29, 0.717) is 12.3 Å². The Bertz CT molecular complexity index is 1370. The Hall–Kier alpha value is -2.45. The molecule has 0 amide bonds. The fourth-order valence-electron chi connectivity index (χ4n) is 3.31. The van der Waals surface area contributed by atoms with Crippen molar-refractivity contribution in [1.82, 2.24) is 19.7 Å². The minimum atomic E-state index is 0.650. The number of thiophene rings is 1. The van der Waals surface area contributed by atoms with Gasteiger partial charge in [-0.1, -0.05) is 65.8 Å². The van der Waals surface area contributed by atoms with Gasteiger partial charge < -0.3 is 0 Å². The number of allylic oxidation sites excluding steroid dienone is 1. The number of hydrogen-bond donors (Lipinski definition) is 0. The highest BCUT2D eigenvalue weighted by atomic mass is 35.5. The van der Waals surface area contributed by atoms with E-state index >= 15 is 0 Å². The van der Waals surface area contributed by atoms with Crippen LogP contribution >= 0.6 is 46.0 Å². The Kier molecular flexibility index (Phi) is 5.91. The van der Waals surface area contributed by atoms with Gasteiger partial charge in [-0.2, -0.15) is 0 Å². The predicted molar refractivity (Wildman–Crippen MR) is 133 cm³/mol. The van der Waals surface area contributed by atoms with Crippen LogP contribution in [0.1, 0.15) is 5.69 Å². The summed E-state index contributed by atoms with van der Waals surface area (Å²) >= 11 is 11.3. The van der Waals surface area contributed by atoms with Gasteiger partial charge in [0.05, 0.1) is 10.7 Å². The summed E-state index contributed by atoms with van der Waals surface area (Å²) in [7, 11) is 0. The maximum atomic E-state index is 6.32. The summed E-state index contributed by atoms with van der Waals surface area (Å²) in [5, 5.41) is 16.9. The summed E-state index contributed by atoms with van der Waals surface area (Å²) in [6.07, 6.45) is 1.88. The first-order valence-corrected chi connectivity index (χ1v) is 12.7. The molecule has 8 heteroatoms. The van der Waals surface area contributed by atoms with Gasteiger partial charge in [0, 0.05) is 44.3 Å². The number of nitrogens with zero attached hydrogens (tertiary/aromatic N) is 4. The van der Waals surface area contributed by atoms with Crippen molar-refractivity contribution >= 4 is 56.1 Å². The minimum Gasteiger partial charge on any atom is -0.298 e. The highest BCUT2D eigenvalue weighted by molar-refractivity contribution is 7.98. The van der Waals surface area contributed by atoms with E-state index in [-0.39, 0.29) is 0 Å². The molecule has 0 aliphatic carbocycles. The molecular formula is C23H17ClN4S3. The van der Waals surface area contributed by atoms with Gasteiger partial charge in [0.2, 0.25) is 0 Å². The minimum absolute atomic E-state index is 0.650. The van der Waals surface area contributed by atoms with Crippen molar-refractivity contribution in [2.24, 2.45) is 0 Å². The molecule has 0 atom stereocenters. The van der Waals surface area contributed by atoms with Gasteiger partial charge in [-0.3, -0.25) is 4.57 Å². The molecule has 0 saturated carbocycles. The van der Waals surface area contributed by atoms with E-state index in [1.807, 2.05) is 30.3 Å². The van der Waals surface area contributed by atoms with Crippen LogP contribution in [0.3, 0.4) is 0 Å². The molecule has 0 bridgehead atoms. The lowest BCUT2D eigenvalue weighted by atomic mass is 10.1. The number of thiazole rings is 1. The number of rotatable bonds is 7. The number of hydrogen-bond acceptors (Lipinski definition) is 6. The predicted octanol–water partition coefficient (Wildman–Crippen LogP) is 7.42. The van der Waals surface area contributed by atoms with Gasteiger partial charge in [-0.05, 0) is 12.1 Å². The summed E-state index contributed by atoms with van der Waals surface area (Å²) in [6.45, 7) is 4.57. The second-order valence-electron chi connectivity index (χ2n) is 6.76. The third-order valence-corrected chi connectivity index (χ3v) is 7.97. The zero-order chi connectivity index (χ0) is 21.2. The molecule has 0 N–H and O–H groups in total. The van der Waals surface area contributed by atoms with E-state index in [0.717, 1.165) is 37.8 Å². The maximum absolute atomic E-state index is 6.32. The summed E-state index contributed by atoms with van der Waals surface area (Å²) in [6, 6.07) is 16.2. The molecule has 0 aliphatic heterocycles. The van der Waals surface area contributed by atoms with Crippen molar-refractivity contribution in [3.63, 3.8) is 0 Å². The molecule has 0 saturated heterocycles. The van der Waals surface area contributed by atoms with E-state index in [4.69, 9.17) is 16.6 Å². The van der Waals surface area contributed by atoms with E-state index < -0.39 is 0 Å². The monoisotopic (exact) mass is 480 g/mol. The normalized spacial score (nSPS) is 11.3. The number of benzene rings is 2. The first-order valence-electron chi connectivity index (χ1n) is 9.57. The lowest BCUT2D eigenvalue weighted by Gasteiger charge is -2.07. The molecule has 0 radical (unpaired) electrons. The zero-order valence-corrected chi connectivity index (χ0v) is 19.6. The Morgan fingerprint density at radius 1 is 1.00 bits per heavy atom. The van der Waals surface area contributed by atoms with Gasteiger partial charge in [0.15, 0.2) is 11.0 Å². The van der Waals surface area contributed by atoms with Gasteiger partial charge >= 0.3 is 0 Å². The van der Waals surface area contributed by atoms with E-state index in [1.54, 1.807) is 34.4 Å². The maximum Gasteiger partial charge on any atom is 0.192 e. The van der Waals surface area contributed by atoms with E-state index in [1.165, 1.54) is 10.1 Å². The molecule has 3 aromatic heterocycles. The Balaban J connectivity index is 1.41. The molecule has 0 unspecified atom stereocenters. The van der Waals surface area contributed by atoms with Crippen LogP contribution in [0.5, 0.6) is 0 Å². The van der Waals surface area contributed by atoms with Crippen molar-refractivity contribution in [3.05, 3.63) is 82.7 Å². The molecule has 5 aromatic rings. The van der Waals surface area contributed by atoms with Crippen LogP contribution in [0, 0.1) is 0 Å². The average molecular weight is 481 g/mol. The first kappa shape index (κ1) is 20.5. The number of aromatic nitrogens is 4. The lowest BCUT2D eigenvalue weighted by Crippen LogP contribution is -2.00. The third-order valence-electron chi connectivity index (χ3n) is 4.76. The number of thioether (sulfide) groups is 1. The Morgan fingerprint density at radius 2 is 1.84 bits per heavy atom. The molecule has 5 rings (SSSR count). The first-order chi connectivity index (χ1) is 15.2. The van der Waals surface area contributed by atoms with Gasteiger partial charge in [-0.25, -0.2) is 4.98 Å². The van der Waals surface area contributed by atoms with Crippen LogP contribution in [0.2, 0.25) is 5.02 Å². The highest BCUT2D eigenvalue weighted by Crippen LogP contribution is 2.35. The Labute approximate surface area is 197 Å². The van der Waals surface area contributed by atoms with E-state index in [2.05, 4.69) is 56.4 Å². The number of halogens is 1. The van der Waals surface area contributed by atoms with Crippen molar-refractivity contribution in [2.75, 3.05) is 0 Å². The molecule has 4 nitrogen and oxygen atoms in total. The van der Waals surface area contributed by atoms with Crippen LogP contribution in [-0.4, -0.2) is 19.7 Å². The fourth-order valence-corrected chi connectivity index (χ4v) is 6.33. The summed E-state index contributed by atoms with van der Waals surface area (Å²) in [5.74, 6) is 1.58. The average Bonchev–Trinajstić information content (AvgIpc) is 3.51. The smallest absolute Gasteiger partial charge is 0.192 e. The number of fused-ring (bicyclic) bond motifs is 1. The second-order valence-corrected chi connectivity index (χ2v) is 9.88. The standard InChI is InChI=1S/C23H17ClN4S3/c1-2-11-28-21(18-14-29-20-10-6-4-7-16(18)20)26-27-23(28)31-13-15-12-30-22(25-15)17-8-3-5-9-19(17)24/h2-10,12,14H,1,11,13H2. The van der Waals surface area contributed by atoms with Crippen LogP contribution < -0.4 is 0 Å². The van der Waals surface area contributed by atoms with Crippen molar-refractivity contribution in [1.29, 1.82) is 0 Å². The van der Waals surface area contributed by atoms with Crippen LogP contribution in [0.25, 0.3) is 32.0 Å². The van der Waals surface area contributed by atoms with Crippen LogP contribution in [-0.2, 0) is 12.3 Å². The van der Waals surface area contributed by atoms with Crippen LogP contribution in [0.15, 0.2) is 77.1 Å². The van der Waals surface area contributed by atoms with Crippen LogP contribution in [0.4, 0.5) is 0 Å². The highest BCUT2D eigenvalue weighted by Gasteiger charge is 2.17. The van der Waals surface area contributed by atoms with Gasteiger partial charge in [0.25, 0.3) is 0 Å². The van der Waals surface area contributed by atoms with Crippen molar-refractivity contribution < 1.29 is 0 Å². The van der Waals surface area contributed by atoms with E-state index in [9.17, 15) is 0 Å². The van der Waals surface area contributed by atoms with Crippen molar-refractivity contribution in [3.8, 4) is 22.0 Å². The molecule has 0 fully saturated rings. The van der Waals surface area contributed by atoms with Gasteiger partial charge in [0.1, 0.15) is 5.01 Å². The zero-order valence-electron chi connectivity index (χ0n) is 16.4.